The highest BCUT2D eigenvalue weighted by Gasteiger charge is 2.17. The molecule has 27 heavy (non-hydrogen) atoms. The van der Waals surface area contributed by atoms with Crippen LogP contribution in [0.25, 0.3) is 11.0 Å². The van der Waals surface area contributed by atoms with Crippen LogP contribution < -0.4 is 15.6 Å². The number of hydrogen-bond acceptors (Lipinski definition) is 4. The van der Waals surface area contributed by atoms with E-state index in [1.807, 2.05) is 50.2 Å². The van der Waals surface area contributed by atoms with E-state index in [2.05, 4.69) is 10.9 Å². The van der Waals surface area contributed by atoms with Gasteiger partial charge in [0.2, 0.25) is 5.91 Å². The molecule has 0 spiro atoms. The van der Waals surface area contributed by atoms with E-state index < -0.39 is 5.91 Å². The highest BCUT2D eigenvalue weighted by molar-refractivity contribution is 5.99. The van der Waals surface area contributed by atoms with E-state index in [4.69, 9.17) is 9.15 Å². The van der Waals surface area contributed by atoms with Crippen molar-refractivity contribution in [2.75, 3.05) is 6.61 Å². The molecule has 1 heterocycles. The predicted octanol–water partition coefficient (Wildman–Crippen LogP) is 3.59. The smallest absolute Gasteiger partial charge is 0.305 e. The van der Waals surface area contributed by atoms with Gasteiger partial charge in [0.1, 0.15) is 11.3 Å². The van der Waals surface area contributed by atoms with E-state index >= 15 is 0 Å². The molecule has 0 unspecified atom stereocenters. The number of furan rings is 1. The SMILES string of the molecule is Cc1ccc(C)c(OCCC(=O)NNC(=O)c2oc3ccccc3c2C)c1. The van der Waals surface area contributed by atoms with Crippen LogP contribution in [0.3, 0.4) is 0 Å². The topological polar surface area (TPSA) is 80.6 Å². The zero-order valence-electron chi connectivity index (χ0n) is 15.6. The number of carbonyl (C=O) groups excluding carboxylic acids is 2. The maximum atomic E-state index is 12.3. The Kier molecular flexibility index (Phi) is 5.45. The Hall–Kier alpha value is -3.28. The van der Waals surface area contributed by atoms with E-state index in [1.165, 1.54) is 0 Å². The fourth-order valence-corrected chi connectivity index (χ4v) is 2.75. The Morgan fingerprint density at radius 1 is 1.04 bits per heavy atom. The summed E-state index contributed by atoms with van der Waals surface area (Å²) in [6, 6.07) is 13.3. The van der Waals surface area contributed by atoms with Gasteiger partial charge in [0.05, 0.1) is 13.0 Å². The molecule has 0 saturated carbocycles. The fraction of sp³-hybridized carbons (Fsp3) is 0.238. The van der Waals surface area contributed by atoms with Crippen LogP contribution in [0.2, 0.25) is 0 Å². The van der Waals surface area contributed by atoms with Crippen LogP contribution >= 0.6 is 0 Å². The van der Waals surface area contributed by atoms with E-state index in [1.54, 1.807) is 13.0 Å². The molecule has 0 fully saturated rings. The lowest BCUT2D eigenvalue weighted by Gasteiger charge is -2.10. The summed E-state index contributed by atoms with van der Waals surface area (Å²) in [5, 5.41) is 0.871. The minimum atomic E-state index is -0.493. The third kappa shape index (κ3) is 4.28. The summed E-state index contributed by atoms with van der Waals surface area (Å²) in [4.78, 5) is 24.2. The van der Waals surface area contributed by atoms with Crippen molar-refractivity contribution < 1.29 is 18.7 Å². The van der Waals surface area contributed by atoms with Crippen LogP contribution in [0.1, 0.15) is 33.7 Å². The van der Waals surface area contributed by atoms with Crippen molar-refractivity contribution in [1.29, 1.82) is 0 Å². The number of amides is 2. The quantitative estimate of drug-likeness (QED) is 0.676. The Morgan fingerprint density at radius 2 is 1.81 bits per heavy atom. The first-order valence-corrected chi connectivity index (χ1v) is 8.73. The Morgan fingerprint density at radius 3 is 2.59 bits per heavy atom. The summed E-state index contributed by atoms with van der Waals surface area (Å²) in [5.41, 5.74) is 8.23. The van der Waals surface area contributed by atoms with Gasteiger partial charge in [-0.15, -0.1) is 0 Å². The second kappa shape index (κ2) is 7.95. The zero-order valence-corrected chi connectivity index (χ0v) is 15.6. The van der Waals surface area contributed by atoms with Gasteiger partial charge in [-0.3, -0.25) is 20.4 Å². The van der Waals surface area contributed by atoms with Crippen molar-refractivity contribution in [3.63, 3.8) is 0 Å². The first-order chi connectivity index (χ1) is 13.0. The van der Waals surface area contributed by atoms with E-state index in [9.17, 15) is 9.59 Å². The molecule has 0 bridgehead atoms. The second-order valence-electron chi connectivity index (χ2n) is 6.42. The highest BCUT2D eigenvalue weighted by atomic mass is 16.5. The molecule has 6 nitrogen and oxygen atoms in total. The molecule has 2 aromatic carbocycles. The maximum Gasteiger partial charge on any atom is 0.305 e. The van der Waals surface area contributed by atoms with E-state index in [0.717, 1.165) is 27.8 Å². The Bertz CT molecular complexity index is 991. The van der Waals surface area contributed by atoms with Gasteiger partial charge in [0, 0.05) is 10.9 Å². The molecule has 1 aromatic heterocycles. The first-order valence-electron chi connectivity index (χ1n) is 8.73. The number of para-hydroxylation sites is 1. The molecule has 0 aliphatic rings. The van der Waals surface area contributed by atoms with Gasteiger partial charge in [-0.1, -0.05) is 30.3 Å². The van der Waals surface area contributed by atoms with Crippen molar-refractivity contribution in [3.05, 3.63) is 64.9 Å². The van der Waals surface area contributed by atoms with Crippen LogP contribution in [0.5, 0.6) is 5.75 Å². The lowest BCUT2D eigenvalue weighted by Crippen LogP contribution is -2.42. The van der Waals surface area contributed by atoms with E-state index in [0.29, 0.717) is 5.58 Å². The molecule has 2 N–H and O–H groups in total. The predicted molar refractivity (Wildman–Crippen MR) is 103 cm³/mol. The summed E-state index contributed by atoms with van der Waals surface area (Å²) in [7, 11) is 0. The molecule has 2 amide bonds. The highest BCUT2D eigenvalue weighted by Crippen LogP contribution is 2.24. The average molecular weight is 366 g/mol. The number of hydrazine groups is 1. The largest absolute Gasteiger partial charge is 0.493 e. The first kappa shape index (κ1) is 18.5. The van der Waals surface area contributed by atoms with Crippen LogP contribution in [0, 0.1) is 20.8 Å². The lowest BCUT2D eigenvalue weighted by atomic mass is 10.1. The molecular formula is C21H22N2O4. The van der Waals surface area contributed by atoms with Crippen molar-refractivity contribution in [2.24, 2.45) is 0 Å². The van der Waals surface area contributed by atoms with Crippen LogP contribution in [-0.4, -0.2) is 18.4 Å². The van der Waals surface area contributed by atoms with Gasteiger partial charge in [-0.25, -0.2) is 0 Å². The van der Waals surface area contributed by atoms with Crippen LogP contribution in [-0.2, 0) is 4.79 Å². The molecule has 3 aromatic rings. The van der Waals surface area contributed by atoms with Gasteiger partial charge in [0.15, 0.2) is 5.76 Å². The third-order valence-corrected chi connectivity index (χ3v) is 4.30. The molecule has 0 radical (unpaired) electrons. The van der Waals surface area contributed by atoms with Crippen molar-refractivity contribution in [2.45, 2.75) is 27.2 Å². The minimum absolute atomic E-state index is 0.118. The van der Waals surface area contributed by atoms with Gasteiger partial charge in [0.25, 0.3) is 0 Å². The molecule has 0 saturated heterocycles. The summed E-state index contributed by atoms with van der Waals surface area (Å²) in [5.74, 6) is 0.0998. The summed E-state index contributed by atoms with van der Waals surface area (Å²) >= 11 is 0. The van der Waals surface area contributed by atoms with E-state index in [-0.39, 0.29) is 24.7 Å². The van der Waals surface area contributed by atoms with Crippen molar-refractivity contribution >= 4 is 22.8 Å². The molecule has 0 aliphatic carbocycles. The number of hydrogen-bond donors (Lipinski definition) is 2. The van der Waals surface area contributed by atoms with Crippen LogP contribution in [0.15, 0.2) is 46.9 Å². The zero-order chi connectivity index (χ0) is 19.4. The van der Waals surface area contributed by atoms with Crippen molar-refractivity contribution in [3.8, 4) is 5.75 Å². The molecule has 6 heteroatoms. The molecular weight excluding hydrogens is 344 g/mol. The number of aryl methyl sites for hydroxylation is 3. The standard InChI is InChI=1S/C21H22N2O4/c1-13-8-9-14(2)18(12-13)26-11-10-19(24)22-23-21(25)20-15(3)16-6-4-5-7-17(16)27-20/h4-9,12H,10-11H2,1-3H3,(H,22,24)(H,23,25). The molecule has 0 aliphatic heterocycles. The molecule has 140 valence electrons. The average Bonchev–Trinajstić information content (AvgIpc) is 3.00. The monoisotopic (exact) mass is 366 g/mol. The van der Waals surface area contributed by atoms with Gasteiger partial charge < -0.3 is 9.15 Å². The van der Waals surface area contributed by atoms with Gasteiger partial charge in [-0.2, -0.15) is 0 Å². The fourth-order valence-electron chi connectivity index (χ4n) is 2.75. The maximum absolute atomic E-state index is 12.3. The van der Waals surface area contributed by atoms with Gasteiger partial charge in [-0.05, 0) is 44.0 Å². The number of rotatable bonds is 5. The molecule has 0 atom stereocenters. The van der Waals surface area contributed by atoms with Crippen molar-refractivity contribution in [1.82, 2.24) is 10.9 Å². The third-order valence-electron chi connectivity index (χ3n) is 4.30. The minimum Gasteiger partial charge on any atom is -0.493 e. The Labute approximate surface area is 157 Å². The van der Waals surface area contributed by atoms with Gasteiger partial charge >= 0.3 is 5.91 Å². The molecule has 3 rings (SSSR count). The number of benzene rings is 2. The summed E-state index contributed by atoms with van der Waals surface area (Å²) in [6.07, 6.45) is 0.118. The number of ether oxygens (including phenoxy) is 1. The second-order valence-corrected chi connectivity index (χ2v) is 6.42. The lowest BCUT2D eigenvalue weighted by molar-refractivity contribution is -0.122. The number of nitrogens with one attached hydrogen (secondary N) is 2. The summed E-state index contributed by atoms with van der Waals surface area (Å²) < 4.78 is 11.2. The Balaban J connectivity index is 1.50. The van der Waals surface area contributed by atoms with Crippen LogP contribution in [0.4, 0.5) is 0 Å². The normalized spacial score (nSPS) is 10.6. The summed E-state index contributed by atoms with van der Waals surface area (Å²) in [6.45, 7) is 5.95. The number of carbonyl (C=O) groups is 2. The number of fused-ring (bicyclic) bond motifs is 1.